The van der Waals surface area contributed by atoms with Crippen molar-refractivity contribution in [3.8, 4) is 11.5 Å². The molecule has 0 bridgehead atoms. The number of nitrogens with zero attached hydrogens (tertiary/aromatic N) is 1. The van der Waals surface area contributed by atoms with Crippen molar-refractivity contribution in [1.29, 1.82) is 0 Å². The van der Waals surface area contributed by atoms with Crippen molar-refractivity contribution in [2.45, 2.75) is 6.04 Å². The molecule has 0 spiro atoms. The van der Waals surface area contributed by atoms with Gasteiger partial charge in [0, 0.05) is 11.3 Å². The zero-order chi connectivity index (χ0) is 22.8. The smallest absolute Gasteiger partial charge is 0.259 e. The van der Waals surface area contributed by atoms with Crippen LogP contribution in [0.4, 0.5) is 14.5 Å². The van der Waals surface area contributed by atoms with Gasteiger partial charge in [0.15, 0.2) is 11.5 Å². The quantitative estimate of drug-likeness (QED) is 0.664. The van der Waals surface area contributed by atoms with Crippen LogP contribution in [0.5, 0.6) is 11.5 Å². The maximum absolute atomic E-state index is 14.2. The number of nitrogens with one attached hydrogen (secondary N) is 1. The highest BCUT2D eigenvalue weighted by Crippen LogP contribution is 2.39. The van der Waals surface area contributed by atoms with Crippen molar-refractivity contribution < 1.29 is 27.8 Å². The second-order valence-corrected chi connectivity index (χ2v) is 7.21. The summed E-state index contributed by atoms with van der Waals surface area (Å²) in [5, 5.41) is 2.72. The average molecular weight is 438 g/mol. The minimum absolute atomic E-state index is 0.173. The fourth-order valence-corrected chi connectivity index (χ4v) is 3.88. The van der Waals surface area contributed by atoms with E-state index in [4.69, 9.17) is 9.47 Å². The number of hydrogen-bond acceptors (Lipinski definition) is 4. The monoisotopic (exact) mass is 438 g/mol. The Kier molecular flexibility index (Phi) is 5.77. The molecule has 3 aromatic rings. The molecule has 0 aromatic heterocycles. The van der Waals surface area contributed by atoms with E-state index < -0.39 is 29.5 Å². The highest BCUT2D eigenvalue weighted by molar-refractivity contribution is 6.03. The van der Waals surface area contributed by atoms with Crippen molar-refractivity contribution in [2.24, 2.45) is 0 Å². The van der Waals surface area contributed by atoms with Crippen LogP contribution in [0.25, 0.3) is 0 Å². The van der Waals surface area contributed by atoms with Gasteiger partial charge in [-0.05, 0) is 48.0 Å². The summed E-state index contributed by atoms with van der Waals surface area (Å²) in [5.74, 6) is -1.40. The maximum Gasteiger partial charge on any atom is 0.259 e. The van der Waals surface area contributed by atoms with Crippen LogP contribution in [0.3, 0.4) is 0 Å². The highest BCUT2D eigenvalue weighted by atomic mass is 19.1. The zero-order valence-corrected chi connectivity index (χ0v) is 17.4. The molecule has 2 amide bonds. The standard InChI is InChI=1S/C24H20F2N2O4/c1-31-20-5-3-4-17(23(20)32-2)24(30)28-13-21(29)27-19-11-10-16(26)12-18(19)22(28)14-6-8-15(25)9-7-14/h3-12,22H,13H2,1-2H3,(H,27,29). The molecule has 0 radical (unpaired) electrons. The Hall–Kier alpha value is -3.94. The number of methoxy groups -OCH3 is 2. The third-order valence-electron chi connectivity index (χ3n) is 5.29. The van der Waals surface area contributed by atoms with E-state index >= 15 is 0 Å². The van der Waals surface area contributed by atoms with Crippen LogP contribution in [0.1, 0.15) is 27.5 Å². The summed E-state index contributed by atoms with van der Waals surface area (Å²) in [6, 6.07) is 13.4. The van der Waals surface area contributed by atoms with Gasteiger partial charge in [-0.1, -0.05) is 18.2 Å². The first-order chi connectivity index (χ1) is 15.4. The van der Waals surface area contributed by atoms with Crippen LogP contribution < -0.4 is 14.8 Å². The van der Waals surface area contributed by atoms with Crippen molar-refractivity contribution >= 4 is 17.5 Å². The Morgan fingerprint density at radius 1 is 1.00 bits per heavy atom. The Bertz CT molecular complexity index is 1180. The van der Waals surface area contributed by atoms with Gasteiger partial charge in [0.1, 0.15) is 18.2 Å². The van der Waals surface area contributed by atoms with Crippen LogP contribution in [0, 0.1) is 11.6 Å². The summed E-state index contributed by atoms with van der Waals surface area (Å²) in [7, 11) is 2.86. The van der Waals surface area contributed by atoms with Crippen LogP contribution in [0.2, 0.25) is 0 Å². The molecule has 0 fully saturated rings. The Morgan fingerprint density at radius 3 is 2.41 bits per heavy atom. The highest BCUT2D eigenvalue weighted by Gasteiger charge is 2.35. The van der Waals surface area contributed by atoms with E-state index in [1.807, 2.05) is 0 Å². The lowest BCUT2D eigenvalue weighted by atomic mass is 9.95. The number of rotatable bonds is 4. The summed E-state index contributed by atoms with van der Waals surface area (Å²) >= 11 is 0. The molecule has 0 aliphatic carbocycles. The Labute approximate surface area is 183 Å². The number of para-hydroxylation sites is 1. The number of ether oxygens (including phenoxy) is 2. The molecule has 1 heterocycles. The van der Waals surface area contributed by atoms with Crippen molar-refractivity contribution in [3.05, 3.63) is 89.0 Å². The van der Waals surface area contributed by atoms with Gasteiger partial charge in [-0.25, -0.2) is 8.78 Å². The van der Waals surface area contributed by atoms with Gasteiger partial charge >= 0.3 is 0 Å². The third kappa shape index (κ3) is 3.87. The average Bonchev–Trinajstić information content (AvgIpc) is 2.94. The van der Waals surface area contributed by atoms with Crippen LogP contribution in [0.15, 0.2) is 60.7 Å². The van der Waals surface area contributed by atoms with E-state index in [0.717, 1.165) is 0 Å². The number of amides is 2. The molecule has 1 N–H and O–H groups in total. The topological polar surface area (TPSA) is 67.9 Å². The van der Waals surface area contributed by atoms with E-state index in [1.165, 1.54) is 61.6 Å². The molecule has 6 nitrogen and oxygen atoms in total. The van der Waals surface area contributed by atoms with Gasteiger partial charge in [-0.2, -0.15) is 0 Å². The second-order valence-electron chi connectivity index (χ2n) is 7.21. The van der Waals surface area contributed by atoms with E-state index in [9.17, 15) is 18.4 Å². The van der Waals surface area contributed by atoms with E-state index in [-0.39, 0.29) is 17.9 Å². The zero-order valence-electron chi connectivity index (χ0n) is 17.4. The molecule has 1 unspecified atom stereocenters. The largest absolute Gasteiger partial charge is 0.493 e. The van der Waals surface area contributed by atoms with E-state index in [0.29, 0.717) is 22.6 Å². The summed E-state index contributed by atoms with van der Waals surface area (Å²) in [6.45, 7) is -0.308. The fourth-order valence-electron chi connectivity index (χ4n) is 3.88. The number of benzene rings is 3. The molecule has 1 aliphatic rings. The normalized spacial score (nSPS) is 15.4. The van der Waals surface area contributed by atoms with Gasteiger partial charge in [-0.15, -0.1) is 0 Å². The van der Waals surface area contributed by atoms with Gasteiger partial charge in [-0.3, -0.25) is 9.59 Å². The van der Waals surface area contributed by atoms with Crippen LogP contribution in [-0.4, -0.2) is 37.5 Å². The van der Waals surface area contributed by atoms with E-state index in [1.54, 1.807) is 18.2 Å². The minimum atomic E-state index is -0.858. The molecule has 8 heteroatoms. The first-order valence-corrected chi connectivity index (χ1v) is 9.79. The number of hydrogen-bond donors (Lipinski definition) is 1. The predicted octanol–water partition coefficient (Wildman–Crippen LogP) is 4.17. The lowest BCUT2D eigenvalue weighted by molar-refractivity contribution is -0.117. The molecule has 1 aliphatic heterocycles. The first-order valence-electron chi connectivity index (χ1n) is 9.79. The molecule has 4 rings (SSSR count). The molecule has 3 aromatic carbocycles. The van der Waals surface area contributed by atoms with Gasteiger partial charge in [0.25, 0.3) is 5.91 Å². The molecule has 164 valence electrons. The predicted molar refractivity (Wildman–Crippen MR) is 114 cm³/mol. The summed E-state index contributed by atoms with van der Waals surface area (Å²) in [6.07, 6.45) is 0. The lowest BCUT2D eigenvalue weighted by Crippen LogP contribution is -2.39. The Morgan fingerprint density at radius 2 is 1.72 bits per heavy atom. The van der Waals surface area contributed by atoms with Crippen molar-refractivity contribution in [1.82, 2.24) is 4.90 Å². The molecule has 0 saturated heterocycles. The van der Waals surface area contributed by atoms with Crippen molar-refractivity contribution in [2.75, 3.05) is 26.1 Å². The summed E-state index contributed by atoms with van der Waals surface area (Å²) < 4.78 is 38.5. The molecular weight excluding hydrogens is 418 g/mol. The summed E-state index contributed by atoms with van der Waals surface area (Å²) in [5.41, 5.74) is 1.44. The number of halogens is 2. The number of fused-ring (bicyclic) bond motifs is 1. The first kappa shape index (κ1) is 21.3. The molecule has 0 saturated carbocycles. The third-order valence-corrected chi connectivity index (χ3v) is 5.29. The van der Waals surface area contributed by atoms with Gasteiger partial charge < -0.3 is 19.7 Å². The fraction of sp³-hybridized carbons (Fsp3) is 0.167. The van der Waals surface area contributed by atoms with Crippen molar-refractivity contribution in [3.63, 3.8) is 0 Å². The second kappa shape index (κ2) is 8.66. The summed E-state index contributed by atoms with van der Waals surface area (Å²) in [4.78, 5) is 27.7. The number of carbonyl (C=O) groups is 2. The number of carbonyl (C=O) groups excluding carboxylic acids is 2. The molecule has 1 atom stereocenters. The molecule has 32 heavy (non-hydrogen) atoms. The van der Waals surface area contributed by atoms with Gasteiger partial charge in [0.05, 0.1) is 25.8 Å². The van der Waals surface area contributed by atoms with Crippen LogP contribution >= 0.6 is 0 Å². The minimum Gasteiger partial charge on any atom is -0.493 e. The molecular formula is C24H20F2N2O4. The number of anilines is 1. The van der Waals surface area contributed by atoms with Gasteiger partial charge in [0.2, 0.25) is 5.91 Å². The SMILES string of the molecule is COc1cccc(C(=O)N2CC(=O)Nc3ccc(F)cc3C2c2ccc(F)cc2)c1OC. The maximum atomic E-state index is 14.2. The van der Waals surface area contributed by atoms with E-state index in [2.05, 4.69) is 5.32 Å². The Balaban J connectivity index is 1.91. The van der Waals surface area contributed by atoms with Crippen LogP contribution in [-0.2, 0) is 4.79 Å². The lowest BCUT2D eigenvalue weighted by Gasteiger charge is -2.31.